The zero-order valence-electron chi connectivity index (χ0n) is 11.0. The Labute approximate surface area is 112 Å². The van der Waals surface area contributed by atoms with Gasteiger partial charge in [0.1, 0.15) is 0 Å². The van der Waals surface area contributed by atoms with Crippen LogP contribution < -0.4 is 11.5 Å². The summed E-state index contributed by atoms with van der Waals surface area (Å²) in [6.45, 7) is 1.47. The SMILES string of the molecule is COCCC1(C(N)=O)C=CC2=C(CN(C(N)=O)C2)C1. The molecule has 6 nitrogen and oxygen atoms in total. The van der Waals surface area contributed by atoms with E-state index in [1.807, 2.05) is 12.2 Å². The van der Waals surface area contributed by atoms with Crippen LogP contribution in [0.2, 0.25) is 0 Å². The third-order valence-electron chi connectivity index (χ3n) is 3.88. The highest BCUT2D eigenvalue weighted by Gasteiger charge is 2.39. The van der Waals surface area contributed by atoms with Crippen LogP contribution >= 0.6 is 0 Å². The summed E-state index contributed by atoms with van der Waals surface area (Å²) in [5.74, 6) is -0.357. The first-order valence-electron chi connectivity index (χ1n) is 6.22. The van der Waals surface area contributed by atoms with E-state index in [-0.39, 0.29) is 5.91 Å². The van der Waals surface area contributed by atoms with Crippen molar-refractivity contribution in [2.75, 3.05) is 26.8 Å². The van der Waals surface area contributed by atoms with Crippen LogP contribution in [-0.2, 0) is 9.53 Å². The number of primary amides is 2. The van der Waals surface area contributed by atoms with E-state index >= 15 is 0 Å². The van der Waals surface area contributed by atoms with Crippen LogP contribution in [0.1, 0.15) is 12.8 Å². The van der Waals surface area contributed by atoms with Crippen LogP contribution in [0.25, 0.3) is 0 Å². The van der Waals surface area contributed by atoms with Gasteiger partial charge in [0.2, 0.25) is 5.91 Å². The molecule has 19 heavy (non-hydrogen) atoms. The molecule has 1 heterocycles. The Morgan fingerprint density at radius 1 is 1.42 bits per heavy atom. The molecule has 0 aromatic rings. The van der Waals surface area contributed by atoms with E-state index in [4.69, 9.17) is 16.2 Å². The molecule has 104 valence electrons. The predicted octanol–water partition coefficient (Wildman–Crippen LogP) is 0.145. The number of rotatable bonds is 4. The number of hydrogen-bond donors (Lipinski definition) is 2. The fourth-order valence-corrected chi connectivity index (χ4v) is 2.65. The molecular formula is C13H19N3O3. The summed E-state index contributed by atoms with van der Waals surface area (Å²) in [6.07, 6.45) is 4.82. The molecule has 1 atom stereocenters. The molecule has 0 fully saturated rings. The molecule has 2 aliphatic rings. The highest BCUT2D eigenvalue weighted by molar-refractivity contribution is 5.84. The molecule has 0 saturated heterocycles. The molecule has 1 aliphatic heterocycles. The quantitative estimate of drug-likeness (QED) is 0.756. The van der Waals surface area contributed by atoms with Crippen LogP contribution in [0, 0.1) is 5.41 Å². The Balaban J connectivity index is 2.16. The number of carbonyl (C=O) groups is 2. The molecular weight excluding hydrogens is 246 g/mol. The molecule has 1 unspecified atom stereocenters. The molecule has 1 aliphatic carbocycles. The Hall–Kier alpha value is -1.82. The van der Waals surface area contributed by atoms with Gasteiger partial charge in [-0.25, -0.2) is 4.79 Å². The van der Waals surface area contributed by atoms with Gasteiger partial charge < -0.3 is 21.1 Å². The number of methoxy groups -OCH3 is 1. The van der Waals surface area contributed by atoms with Crippen LogP contribution in [0.5, 0.6) is 0 Å². The fourth-order valence-electron chi connectivity index (χ4n) is 2.65. The molecule has 3 amide bonds. The van der Waals surface area contributed by atoms with Gasteiger partial charge in [-0.1, -0.05) is 12.2 Å². The first kappa shape index (κ1) is 13.6. The van der Waals surface area contributed by atoms with E-state index in [0.717, 1.165) is 11.1 Å². The maximum Gasteiger partial charge on any atom is 0.315 e. The zero-order valence-corrected chi connectivity index (χ0v) is 11.0. The maximum atomic E-state index is 11.8. The Morgan fingerprint density at radius 3 is 2.74 bits per heavy atom. The molecule has 6 heteroatoms. The van der Waals surface area contributed by atoms with Crippen molar-refractivity contribution in [3.8, 4) is 0 Å². The van der Waals surface area contributed by atoms with Gasteiger partial charge in [-0.05, 0) is 24.0 Å². The second-order valence-electron chi connectivity index (χ2n) is 5.10. The Bertz CT molecular complexity index is 470. The Kier molecular flexibility index (Phi) is 3.61. The Morgan fingerprint density at radius 2 is 2.16 bits per heavy atom. The van der Waals surface area contributed by atoms with Gasteiger partial charge in [0.05, 0.1) is 5.41 Å². The average Bonchev–Trinajstić information content (AvgIpc) is 2.79. The highest BCUT2D eigenvalue weighted by Crippen LogP contribution is 2.39. The normalized spacial score (nSPS) is 25.6. The van der Waals surface area contributed by atoms with E-state index < -0.39 is 11.4 Å². The third-order valence-corrected chi connectivity index (χ3v) is 3.88. The molecule has 4 N–H and O–H groups in total. The fraction of sp³-hybridized carbons (Fsp3) is 0.538. The van der Waals surface area contributed by atoms with Gasteiger partial charge in [0.25, 0.3) is 0 Å². The van der Waals surface area contributed by atoms with E-state index in [1.54, 1.807) is 12.0 Å². The topological polar surface area (TPSA) is 98.7 Å². The summed E-state index contributed by atoms with van der Waals surface area (Å²) in [5.41, 5.74) is 12.3. The van der Waals surface area contributed by atoms with E-state index in [0.29, 0.717) is 32.5 Å². The zero-order chi connectivity index (χ0) is 14.0. The number of ether oxygens (including phenoxy) is 1. The van der Waals surface area contributed by atoms with Crippen LogP contribution in [-0.4, -0.2) is 43.6 Å². The first-order valence-corrected chi connectivity index (χ1v) is 6.22. The van der Waals surface area contributed by atoms with E-state index in [9.17, 15) is 9.59 Å². The van der Waals surface area contributed by atoms with Crippen molar-refractivity contribution < 1.29 is 14.3 Å². The first-order chi connectivity index (χ1) is 8.98. The van der Waals surface area contributed by atoms with E-state index in [1.165, 1.54) is 0 Å². The molecule has 2 rings (SSSR count). The van der Waals surface area contributed by atoms with Gasteiger partial charge in [-0.2, -0.15) is 0 Å². The van der Waals surface area contributed by atoms with Gasteiger partial charge >= 0.3 is 6.03 Å². The largest absolute Gasteiger partial charge is 0.385 e. The second-order valence-corrected chi connectivity index (χ2v) is 5.10. The number of nitrogens with two attached hydrogens (primary N) is 2. The maximum absolute atomic E-state index is 11.8. The van der Waals surface area contributed by atoms with Crippen LogP contribution in [0.4, 0.5) is 4.79 Å². The third kappa shape index (κ3) is 2.49. The summed E-state index contributed by atoms with van der Waals surface area (Å²) in [7, 11) is 1.59. The minimum Gasteiger partial charge on any atom is -0.385 e. The minimum atomic E-state index is -0.706. The van der Waals surface area contributed by atoms with Crippen molar-refractivity contribution in [3.63, 3.8) is 0 Å². The summed E-state index contributed by atoms with van der Waals surface area (Å²) < 4.78 is 5.05. The van der Waals surface area contributed by atoms with Crippen molar-refractivity contribution in [3.05, 3.63) is 23.3 Å². The van der Waals surface area contributed by atoms with Gasteiger partial charge in [0, 0.05) is 26.8 Å². The van der Waals surface area contributed by atoms with E-state index in [2.05, 4.69) is 0 Å². The molecule has 0 aromatic heterocycles. The van der Waals surface area contributed by atoms with Crippen molar-refractivity contribution in [1.82, 2.24) is 4.90 Å². The lowest BCUT2D eigenvalue weighted by molar-refractivity contribution is -0.126. The molecule has 0 spiro atoms. The number of nitrogens with zero attached hydrogens (tertiary/aromatic N) is 1. The monoisotopic (exact) mass is 265 g/mol. The van der Waals surface area contributed by atoms with Crippen molar-refractivity contribution in [2.45, 2.75) is 12.8 Å². The van der Waals surface area contributed by atoms with Gasteiger partial charge in [0.15, 0.2) is 0 Å². The highest BCUT2D eigenvalue weighted by atomic mass is 16.5. The summed E-state index contributed by atoms with van der Waals surface area (Å²) >= 11 is 0. The average molecular weight is 265 g/mol. The number of amides is 3. The summed E-state index contributed by atoms with van der Waals surface area (Å²) in [6, 6.07) is -0.440. The predicted molar refractivity (Wildman–Crippen MR) is 70.1 cm³/mol. The van der Waals surface area contributed by atoms with Crippen molar-refractivity contribution in [1.29, 1.82) is 0 Å². The summed E-state index contributed by atoms with van der Waals surface area (Å²) in [5, 5.41) is 0. The number of carbonyl (C=O) groups excluding carboxylic acids is 2. The number of hydrogen-bond acceptors (Lipinski definition) is 3. The number of urea groups is 1. The van der Waals surface area contributed by atoms with Crippen molar-refractivity contribution in [2.24, 2.45) is 16.9 Å². The molecule has 0 aromatic carbocycles. The lowest BCUT2D eigenvalue weighted by Crippen LogP contribution is -2.38. The minimum absolute atomic E-state index is 0.357. The standard InChI is InChI=1S/C13H19N3O3/c1-19-5-4-13(11(14)17)3-2-9-7-16(12(15)18)8-10(9)6-13/h2-3H,4-8H2,1H3,(H2,14,17)(H2,15,18). The molecule has 0 saturated carbocycles. The van der Waals surface area contributed by atoms with Crippen LogP contribution in [0.3, 0.4) is 0 Å². The second kappa shape index (κ2) is 5.05. The van der Waals surface area contributed by atoms with Crippen molar-refractivity contribution >= 4 is 11.9 Å². The summed E-state index contributed by atoms with van der Waals surface area (Å²) in [4.78, 5) is 24.5. The van der Waals surface area contributed by atoms with Gasteiger partial charge in [-0.15, -0.1) is 0 Å². The smallest absolute Gasteiger partial charge is 0.315 e. The lowest BCUT2D eigenvalue weighted by Gasteiger charge is -2.30. The molecule has 0 radical (unpaired) electrons. The van der Waals surface area contributed by atoms with Gasteiger partial charge in [-0.3, -0.25) is 4.79 Å². The van der Waals surface area contributed by atoms with Crippen LogP contribution in [0.15, 0.2) is 23.3 Å². The lowest BCUT2D eigenvalue weighted by atomic mass is 9.74. The molecule has 0 bridgehead atoms.